The molecule has 0 saturated carbocycles. The number of nitrogens with zero attached hydrogens (tertiary/aromatic N) is 5. The highest BCUT2D eigenvalue weighted by Gasteiger charge is 2.15. The molecule has 0 aliphatic carbocycles. The van der Waals surface area contributed by atoms with Crippen LogP contribution in [0.4, 0.5) is 0 Å². The average Bonchev–Trinajstić information content (AvgIpc) is 3.22. The Morgan fingerprint density at radius 3 is 1.08 bits per heavy atom. The monoisotopic (exact) mass is 910 g/mol. The van der Waals surface area contributed by atoms with Gasteiger partial charge in [0.25, 0.3) is 0 Å². The molecular formula is C47H103N7O9. The Balaban J connectivity index is -0.000000887. The van der Waals surface area contributed by atoms with Gasteiger partial charge in [-0.1, -0.05) is 67.2 Å². The summed E-state index contributed by atoms with van der Waals surface area (Å²) in [5.74, 6) is 0.0824. The number of nitrogens with one attached hydrogen (secondary N) is 2. The Labute approximate surface area is 385 Å². The van der Waals surface area contributed by atoms with Crippen LogP contribution in [0.5, 0.6) is 0 Å². The third-order valence-electron chi connectivity index (χ3n) is 10.4. The molecule has 0 bridgehead atoms. The van der Waals surface area contributed by atoms with Crippen molar-refractivity contribution in [1.29, 1.82) is 0 Å². The molecule has 4 unspecified atom stereocenters. The molecule has 0 aliphatic heterocycles. The number of aliphatic hydroxyl groups excluding tert-OH is 7. The fourth-order valence-corrected chi connectivity index (χ4v) is 7.05. The van der Waals surface area contributed by atoms with Gasteiger partial charge in [0.15, 0.2) is 0 Å². The van der Waals surface area contributed by atoms with Crippen LogP contribution < -0.4 is 10.6 Å². The Hall–Kier alpha value is -1.54. The summed E-state index contributed by atoms with van der Waals surface area (Å²) in [5, 5.41) is 71.8. The lowest BCUT2D eigenvalue weighted by Gasteiger charge is -2.27. The molecule has 0 aromatic rings. The summed E-state index contributed by atoms with van der Waals surface area (Å²) in [4.78, 5) is 34.3. The second-order valence-electron chi connectivity index (χ2n) is 17.2. The topological polar surface area (TPSA) is 216 Å². The van der Waals surface area contributed by atoms with E-state index in [-0.39, 0.29) is 56.1 Å². The van der Waals surface area contributed by atoms with Crippen molar-refractivity contribution < 1.29 is 45.3 Å². The molecule has 4 atom stereocenters. The molecule has 63 heavy (non-hydrogen) atoms. The fourth-order valence-electron chi connectivity index (χ4n) is 7.05. The molecule has 0 spiro atoms. The summed E-state index contributed by atoms with van der Waals surface area (Å²) in [5.41, 5.74) is 0. The lowest BCUT2D eigenvalue weighted by atomic mass is 10.1. The molecule has 0 radical (unpaired) electrons. The van der Waals surface area contributed by atoms with E-state index in [1.165, 1.54) is 0 Å². The smallest absolute Gasteiger partial charge is 0.221 e. The molecule has 2 amide bonds. The van der Waals surface area contributed by atoms with Gasteiger partial charge in [0.2, 0.25) is 11.8 Å². The lowest BCUT2D eigenvalue weighted by Crippen LogP contribution is -2.38. The molecule has 0 aromatic carbocycles. The number of rotatable bonds is 41. The normalized spacial score (nSPS) is 13.5. The summed E-state index contributed by atoms with van der Waals surface area (Å²) in [6, 6.07) is 0. The maximum absolute atomic E-state index is 11.9. The van der Waals surface area contributed by atoms with Crippen LogP contribution >= 0.6 is 0 Å². The van der Waals surface area contributed by atoms with E-state index in [4.69, 9.17) is 15.3 Å². The second-order valence-corrected chi connectivity index (χ2v) is 17.2. The molecule has 0 aromatic heterocycles. The van der Waals surface area contributed by atoms with Gasteiger partial charge in [0, 0.05) is 91.4 Å². The fraction of sp³-hybridized carbons (Fsp3) is 0.957. The lowest BCUT2D eigenvalue weighted by molar-refractivity contribution is -0.121. The number of amides is 2. The standard InChI is InChI=1S/C19H40N4O4.C15H34N2O2.C13H29NO3/c1-3-8-20-18(26)6-12-22(13-7-19(27)21-9-4-2)10-5-11-23(14-16-24)15-17-25;1-5-8-14(18)12-16(3)10-7-11-17(4)13-15(19)9-6-2;1-3-6-12(16)10-14(8-5-9-15)11-13(17)7-4-2/h24-25H,3-17H2,1-2H3,(H,20,26)(H,21,27);14-15,18-19H,5-13H2,1-4H3;12-13,15-17H,3-11H2,1-2H3. The maximum Gasteiger partial charge on any atom is 0.221 e. The van der Waals surface area contributed by atoms with E-state index in [2.05, 4.69) is 58.2 Å². The molecule has 0 saturated heterocycles. The van der Waals surface area contributed by atoms with Crippen molar-refractivity contribution in [3.8, 4) is 0 Å². The molecule has 380 valence electrons. The predicted octanol–water partition coefficient (Wildman–Crippen LogP) is 2.35. The summed E-state index contributed by atoms with van der Waals surface area (Å²) >= 11 is 0. The first-order chi connectivity index (χ1) is 30.2. The van der Waals surface area contributed by atoms with E-state index in [9.17, 15) is 30.0 Å². The number of hydrogen-bond donors (Lipinski definition) is 9. The zero-order valence-corrected chi connectivity index (χ0v) is 41.8. The van der Waals surface area contributed by atoms with E-state index in [0.717, 1.165) is 123 Å². The van der Waals surface area contributed by atoms with Gasteiger partial charge < -0.3 is 61.1 Å². The summed E-state index contributed by atoms with van der Waals surface area (Å²) in [6.07, 6.45) is 11.6. The average molecular weight is 910 g/mol. The van der Waals surface area contributed by atoms with Crippen LogP contribution in [0.3, 0.4) is 0 Å². The van der Waals surface area contributed by atoms with Gasteiger partial charge in [-0.05, 0) is 98.1 Å². The number of carbonyl (C=O) groups excluding carboxylic acids is 2. The summed E-state index contributed by atoms with van der Waals surface area (Å²) in [7, 11) is 4.12. The van der Waals surface area contributed by atoms with Crippen LogP contribution in [-0.4, -0.2) is 229 Å². The van der Waals surface area contributed by atoms with E-state index in [1.54, 1.807) is 0 Å². The highest BCUT2D eigenvalue weighted by atomic mass is 16.3. The van der Waals surface area contributed by atoms with Crippen LogP contribution in [0, 0.1) is 0 Å². The van der Waals surface area contributed by atoms with E-state index in [0.29, 0.717) is 71.6 Å². The van der Waals surface area contributed by atoms with Crippen molar-refractivity contribution in [2.45, 2.75) is 162 Å². The zero-order chi connectivity index (χ0) is 48.1. The molecule has 16 heteroatoms. The second kappa shape index (κ2) is 48.4. The molecule has 0 fully saturated rings. The van der Waals surface area contributed by atoms with Gasteiger partial charge in [0.1, 0.15) is 0 Å². The third kappa shape index (κ3) is 46.8. The van der Waals surface area contributed by atoms with Gasteiger partial charge in [-0.15, -0.1) is 0 Å². The number of likely N-dealkylation sites (N-methyl/N-ethyl adjacent to an activating group) is 2. The van der Waals surface area contributed by atoms with E-state index >= 15 is 0 Å². The molecular weight excluding hydrogens is 807 g/mol. The Morgan fingerprint density at radius 1 is 0.413 bits per heavy atom. The first-order valence-corrected chi connectivity index (χ1v) is 24.8. The van der Waals surface area contributed by atoms with Crippen molar-refractivity contribution in [3.05, 3.63) is 0 Å². The van der Waals surface area contributed by atoms with Gasteiger partial charge in [-0.2, -0.15) is 0 Å². The zero-order valence-electron chi connectivity index (χ0n) is 41.8. The molecule has 0 rings (SSSR count). The number of aliphatic hydroxyl groups is 7. The van der Waals surface area contributed by atoms with Crippen LogP contribution in [-0.2, 0) is 9.59 Å². The molecule has 16 nitrogen and oxygen atoms in total. The Morgan fingerprint density at radius 2 is 0.746 bits per heavy atom. The van der Waals surface area contributed by atoms with Gasteiger partial charge >= 0.3 is 0 Å². The van der Waals surface area contributed by atoms with E-state index < -0.39 is 0 Å². The van der Waals surface area contributed by atoms with Crippen LogP contribution in [0.1, 0.15) is 138 Å². The minimum absolute atomic E-state index is 0.0412. The Bertz CT molecular complexity index is 914. The van der Waals surface area contributed by atoms with Crippen LogP contribution in [0.15, 0.2) is 0 Å². The maximum atomic E-state index is 11.9. The highest BCUT2D eigenvalue weighted by molar-refractivity contribution is 5.76. The molecule has 0 heterocycles. The van der Waals surface area contributed by atoms with Crippen molar-refractivity contribution >= 4 is 11.8 Å². The number of carbonyl (C=O) groups is 2. The molecule has 0 aliphatic rings. The van der Waals surface area contributed by atoms with Crippen LogP contribution in [0.25, 0.3) is 0 Å². The third-order valence-corrected chi connectivity index (χ3v) is 10.4. The van der Waals surface area contributed by atoms with Gasteiger partial charge in [-0.3, -0.25) is 19.4 Å². The molecule has 9 N–H and O–H groups in total. The number of hydrogen-bond acceptors (Lipinski definition) is 14. The highest BCUT2D eigenvalue weighted by Crippen LogP contribution is 2.06. The summed E-state index contributed by atoms with van der Waals surface area (Å²) in [6.45, 7) is 23.3. The van der Waals surface area contributed by atoms with Crippen molar-refractivity contribution in [1.82, 2.24) is 35.1 Å². The van der Waals surface area contributed by atoms with Crippen molar-refractivity contribution in [2.24, 2.45) is 0 Å². The van der Waals surface area contributed by atoms with Crippen molar-refractivity contribution in [3.63, 3.8) is 0 Å². The largest absolute Gasteiger partial charge is 0.396 e. The van der Waals surface area contributed by atoms with Gasteiger partial charge in [0.05, 0.1) is 37.6 Å². The SMILES string of the molecule is CCCC(O)CN(C)CCCN(C)CC(O)CCC.CCCC(O)CN(CCCO)CC(O)CCC.CCCNC(=O)CCN(CCCN(CCO)CCO)CCC(=O)NCCC. The minimum atomic E-state index is -0.326. The first-order valence-electron chi connectivity index (χ1n) is 24.8. The predicted molar refractivity (Wildman–Crippen MR) is 259 cm³/mol. The van der Waals surface area contributed by atoms with Crippen molar-refractivity contribution in [2.75, 3.05) is 132 Å². The quantitative estimate of drug-likeness (QED) is 0.0431. The Kier molecular flexibility index (Phi) is 50.5. The van der Waals surface area contributed by atoms with E-state index in [1.807, 2.05) is 32.6 Å². The van der Waals surface area contributed by atoms with Crippen LogP contribution in [0.2, 0.25) is 0 Å². The summed E-state index contributed by atoms with van der Waals surface area (Å²) < 4.78 is 0. The van der Waals surface area contributed by atoms with Gasteiger partial charge in [-0.25, -0.2) is 0 Å². The first kappa shape index (κ1) is 65.7. The minimum Gasteiger partial charge on any atom is -0.396 e.